The van der Waals surface area contributed by atoms with E-state index in [4.69, 9.17) is 5.73 Å². The van der Waals surface area contributed by atoms with E-state index in [0.29, 0.717) is 16.7 Å². The first kappa shape index (κ1) is 22.9. The Balaban J connectivity index is 1.75. The van der Waals surface area contributed by atoms with Crippen LogP contribution in [0.3, 0.4) is 0 Å². The van der Waals surface area contributed by atoms with Crippen molar-refractivity contribution in [3.63, 3.8) is 0 Å². The highest BCUT2D eigenvalue weighted by atomic mass is 32.2. The monoisotopic (exact) mass is 456 g/mol. The van der Waals surface area contributed by atoms with Crippen LogP contribution < -0.4 is 16.4 Å². The predicted octanol–water partition coefficient (Wildman–Crippen LogP) is 3.70. The van der Waals surface area contributed by atoms with Crippen LogP contribution >= 0.6 is 11.8 Å². The zero-order valence-corrected chi connectivity index (χ0v) is 17.4. The summed E-state index contributed by atoms with van der Waals surface area (Å²) in [4.78, 5) is 22.6. The molecule has 168 valence electrons. The number of halogens is 3. The summed E-state index contributed by atoms with van der Waals surface area (Å²) in [5.74, 6) is -0.0315. The van der Waals surface area contributed by atoms with Gasteiger partial charge in [0.15, 0.2) is 11.0 Å². The van der Waals surface area contributed by atoms with Crippen molar-refractivity contribution in [2.24, 2.45) is 5.73 Å². The van der Waals surface area contributed by atoms with E-state index < -0.39 is 23.7 Å². The fourth-order valence-electron chi connectivity index (χ4n) is 3.52. The van der Waals surface area contributed by atoms with E-state index in [1.54, 1.807) is 6.07 Å². The van der Waals surface area contributed by atoms with Gasteiger partial charge in [-0.25, -0.2) is 4.79 Å². The van der Waals surface area contributed by atoms with Gasteiger partial charge >= 0.3 is 12.2 Å². The minimum atomic E-state index is -4.42. The summed E-state index contributed by atoms with van der Waals surface area (Å²) in [6, 6.07) is 4.18. The molecule has 0 radical (unpaired) electrons. The third-order valence-corrected chi connectivity index (χ3v) is 5.85. The number of nitrogens with one attached hydrogen (secondary N) is 2. The number of carbonyl (C=O) groups excluding carboxylic acids is 2. The summed E-state index contributed by atoms with van der Waals surface area (Å²) in [5.41, 5.74) is 4.54. The first-order valence-corrected chi connectivity index (χ1v) is 10.8. The fourth-order valence-corrected chi connectivity index (χ4v) is 4.35. The topological polar surface area (TPSA) is 115 Å². The van der Waals surface area contributed by atoms with E-state index in [1.165, 1.54) is 6.07 Å². The van der Waals surface area contributed by atoms with Crippen LogP contribution in [0.2, 0.25) is 0 Å². The number of carbonyl (C=O) groups is 2. The molecule has 0 unspecified atom stereocenters. The second-order valence-corrected chi connectivity index (χ2v) is 8.14. The van der Waals surface area contributed by atoms with Gasteiger partial charge in [-0.05, 0) is 31.0 Å². The molecular formula is C19H23F3N6O2S. The molecule has 0 aliphatic heterocycles. The molecule has 3 rings (SSSR count). The maximum absolute atomic E-state index is 13.0. The SMILES string of the molecule is NC(=O)NC(=O)CSc1nnc(CNc2cccc(C(F)(F)F)c2)n1C1CCCCC1. The van der Waals surface area contributed by atoms with Crippen LogP contribution in [0.25, 0.3) is 0 Å². The van der Waals surface area contributed by atoms with Crippen LogP contribution in [0.15, 0.2) is 29.4 Å². The van der Waals surface area contributed by atoms with Crippen molar-refractivity contribution in [2.45, 2.75) is 56.0 Å². The minimum Gasteiger partial charge on any atom is -0.378 e. The number of anilines is 1. The van der Waals surface area contributed by atoms with Gasteiger partial charge in [-0.1, -0.05) is 37.1 Å². The van der Waals surface area contributed by atoms with Gasteiger partial charge in [-0.3, -0.25) is 10.1 Å². The van der Waals surface area contributed by atoms with Crippen molar-refractivity contribution < 1.29 is 22.8 Å². The Morgan fingerprint density at radius 2 is 1.94 bits per heavy atom. The normalized spacial score (nSPS) is 14.9. The van der Waals surface area contributed by atoms with E-state index in [2.05, 4.69) is 15.5 Å². The molecule has 1 aromatic carbocycles. The molecule has 3 amide bonds. The molecule has 0 bridgehead atoms. The average molecular weight is 456 g/mol. The molecule has 1 fully saturated rings. The Kier molecular flexibility index (Phi) is 7.42. The van der Waals surface area contributed by atoms with Crippen LogP contribution in [0.5, 0.6) is 0 Å². The molecule has 4 N–H and O–H groups in total. The number of nitrogens with two attached hydrogens (primary N) is 1. The smallest absolute Gasteiger partial charge is 0.378 e. The number of urea groups is 1. The molecule has 1 saturated carbocycles. The lowest BCUT2D eigenvalue weighted by atomic mass is 9.95. The summed E-state index contributed by atoms with van der Waals surface area (Å²) in [5, 5.41) is 13.9. The summed E-state index contributed by atoms with van der Waals surface area (Å²) in [6.07, 6.45) is 0.672. The molecule has 1 aliphatic carbocycles. The number of alkyl halides is 3. The number of primary amides is 1. The number of imide groups is 1. The van der Waals surface area contributed by atoms with Crippen molar-refractivity contribution in [2.75, 3.05) is 11.1 Å². The van der Waals surface area contributed by atoms with Gasteiger partial charge in [-0.15, -0.1) is 10.2 Å². The summed E-state index contributed by atoms with van der Waals surface area (Å²) in [7, 11) is 0. The van der Waals surface area contributed by atoms with E-state index >= 15 is 0 Å². The maximum atomic E-state index is 13.0. The number of hydrogen-bond acceptors (Lipinski definition) is 6. The number of rotatable bonds is 7. The lowest BCUT2D eigenvalue weighted by molar-refractivity contribution is -0.137. The Morgan fingerprint density at radius 3 is 2.61 bits per heavy atom. The summed E-state index contributed by atoms with van der Waals surface area (Å²) < 4.78 is 40.8. The highest BCUT2D eigenvalue weighted by Crippen LogP contribution is 2.33. The Hall–Kier alpha value is -2.76. The van der Waals surface area contributed by atoms with Gasteiger partial charge in [0, 0.05) is 11.7 Å². The van der Waals surface area contributed by atoms with Crippen LogP contribution in [0, 0.1) is 0 Å². The number of aromatic nitrogens is 3. The van der Waals surface area contributed by atoms with Crippen molar-refractivity contribution >= 4 is 29.4 Å². The summed E-state index contributed by atoms with van der Waals surface area (Å²) in [6.45, 7) is 0.179. The zero-order chi connectivity index (χ0) is 22.4. The lowest BCUT2D eigenvalue weighted by Crippen LogP contribution is -2.36. The van der Waals surface area contributed by atoms with E-state index in [-0.39, 0.29) is 18.3 Å². The molecule has 1 aliphatic rings. The second-order valence-electron chi connectivity index (χ2n) is 7.19. The standard InChI is InChI=1S/C19H23F3N6O2S/c20-19(21,22)12-5-4-6-13(9-12)24-10-15-26-27-18(31-11-16(29)25-17(23)30)28(15)14-7-2-1-3-8-14/h4-6,9,14,24H,1-3,7-8,10-11H2,(H3,23,25,29,30). The van der Waals surface area contributed by atoms with Crippen molar-refractivity contribution in [1.29, 1.82) is 0 Å². The molecule has 1 aromatic heterocycles. The van der Waals surface area contributed by atoms with Crippen molar-refractivity contribution in [1.82, 2.24) is 20.1 Å². The maximum Gasteiger partial charge on any atom is 0.416 e. The number of benzene rings is 1. The zero-order valence-electron chi connectivity index (χ0n) is 16.6. The van der Waals surface area contributed by atoms with Gasteiger partial charge in [0.1, 0.15) is 0 Å². The van der Waals surface area contributed by atoms with Crippen LogP contribution in [0.1, 0.15) is 49.5 Å². The van der Waals surface area contributed by atoms with Crippen molar-refractivity contribution in [3.8, 4) is 0 Å². The number of nitrogens with zero attached hydrogens (tertiary/aromatic N) is 3. The molecule has 8 nitrogen and oxygen atoms in total. The van der Waals surface area contributed by atoms with E-state index in [0.717, 1.165) is 56.0 Å². The average Bonchev–Trinajstić information content (AvgIpc) is 3.13. The third kappa shape index (κ3) is 6.36. The van der Waals surface area contributed by atoms with Crippen LogP contribution in [0.4, 0.5) is 23.7 Å². The Morgan fingerprint density at radius 1 is 1.19 bits per heavy atom. The van der Waals surface area contributed by atoms with Gasteiger partial charge in [-0.2, -0.15) is 13.2 Å². The van der Waals surface area contributed by atoms with Gasteiger partial charge in [0.05, 0.1) is 17.9 Å². The van der Waals surface area contributed by atoms with Crippen LogP contribution in [-0.4, -0.2) is 32.5 Å². The Bertz CT molecular complexity index is 928. The van der Waals surface area contributed by atoms with E-state index in [1.807, 2.05) is 9.88 Å². The molecule has 2 aromatic rings. The third-order valence-electron chi connectivity index (χ3n) is 4.91. The lowest BCUT2D eigenvalue weighted by Gasteiger charge is -2.25. The molecule has 0 saturated heterocycles. The first-order valence-electron chi connectivity index (χ1n) is 9.81. The van der Waals surface area contributed by atoms with Crippen LogP contribution in [-0.2, 0) is 17.5 Å². The number of hydrogen-bond donors (Lipinski definition) is 3. The highest BCUT2D eigenvalue weighted by Gasteiger charge is 2.30. The van der Waals surface area contributed by atoms with Gasteiger partial charge in [0.25, 0.3) is 0 Å². The Labute approximate surface area is 181 Å². The largest absolute Gasteiger partial charge is 0.416 e. The fraction of sp³-hybridized carbons (Fsp3) is 0.474. The highest BCUT2D eigenvalue weighted by molar-refractivity contribution is 7.99. The number of amides is 3. The predicted molar refractivity (Wildman–Crippen MR) is 109 cm³/mol. The molecule has 0 atom stereocenters. The van der Waals surface area contributed by atoms with Gasteiger partial charge < -0.3 is 15.6 Å². The first-order chi connectivity index (χ1) is 14.7. The van der Waals surface area contributed by atoms with E-state index in [9.17, 15) is 22.8 Å². The molecule has 1 heterocycles. The quantitative estimate of drug-likeness (QED) is 0.548. The second kappa shape index (κ2) is 10.0. The minimum absolute atomic E-state index is 0.0607. The molecular weight excluding hydrogens is 433 g/mol. The summed E-state index contributed by atoms with van der Waals surface area (Å²) >= 11 is 1.13. The number of thioether (sulfide) groups is 1. The van der Waals surface area contributed by atoms with Crippen molar-refractivity contribution in [3.05, 3.63) is 35.7 Å². The molecule has 12 heteroatoms. The molecule has 31 heavy (non-hydrogen) atoms. The van der Waals surface area contributed by atoms with Gasteiger partial charge in [0.2, 0.25) is 5.91 Å². The molecule has 0 spiro atoms.